The van der Waals surface area contributed by atoms with Crippen LogP contribution >= 0.6 is 24.4 Å². The number of carbonyl (C=O) groups is 1. The van der Waals surface area contributed by atoms with E-state index < -0.39 is 0 Å². The van der Waals surface area contributed by atoms with Crippen LogP contribution in [0.15, 0.2) is 12.3 Å². The first-order valence-corrected chi connectivity index (χ1v) is 4.66. The average molecular weight is 173 g/mol. The zero-order valence-electron chi connectivity index (χ0n) is 5.23. The lowest BCUT2D eigenvalue weighted by molar-refractivity contribution is -0.136. The molecule has 54 valence electrons. The monoisotopic (exact) mass is 173 g/mol. The van der Waals surface area contributed by atoms with E-state index in [-0.39, 0.29) is 11.2 Å². The standard InChI is InChI=1S/C6H7NOS2/c8-5-4(9)6-7(5)2-1-3-10-6/h1-2,4,6,9H,3H2/t4?,6-/m0/s1. The van der Waals surface area contributed by atoms with Crippen molar-refractivity contribution in [3.05, 3.63) is 12.3 Å². The number of carbonyl (C=O) groups excluding carboxylic acids is 1. The van der Waals surface area contributed by atoms with Crippen LogP contribution in [0.4, 0.5) is 0 Å². The second-order valence-corrected chi connectivity index (χ2v) is 4.01. The van der Waals surface area contributed by atoms with Gasteiger partial charge in [-0.3, -0.25) is 4.79 Å². The van der Waals surface area contributed by atoms with E-state index >= 15 is 0 Å². The molecule has 1 amide bonds. The Hall–Kier alpha value is -0.0900. The van der Waals surface area contributed by atoms with Crippen molar-refractivity contribution in [3.8, 4) is 0 Å². The molecule has 10 heavy (non-hydrogen) atoms. The first-order chi connectivity index (χ1) is 4.80. The lowest BCUT2D eigenvalue weighted by atomic mass is 10.2. The molecule has 2 nitrogen and oxygen atoms in total. The Morgan fingerprint density at radius 1 is 1.80 bits per heavy atom. The predicted molar refractivity (Wildman–Crippen MR) is 45.0 cm³/mol. The molecule has 0 N–H and O–H groups in total. The maximum absolute atomic E-state index is 11.0. The molecular weight excluding hydrogens is 166 g/mol. The molecule has 4 heteroatoms. The van der Waals surface area contributed by atoms with Gasteiger partial charge in [0.15, 0.2) is 0 Å². The summed E-state index contributed by atoms with van der Waals surface area (Å²) in [7, 11) is 0. The van der Waals surface area contributed by atoms with Crippen molar-refractivity contribution in [1.82, 2.24) is 4.90 Å². The van der Waals surface area contributed by atoms with Crippen LogP contribution in [0, 0.1) is 0 Å². The summed E-state index contributed by atoms with van der Waals surface area (Å²) < 4.78 is 0. The second kappa shape index (κ2) is 2.20. The highest BCUT2D eigenvalue weighted by Crippen LogP contribution is 2.36. The van der Waals surface area contributed by atoms with Crippen molar-refractivity contribution in [2.45, 2.75) is 10.6 Å². The molecule has 2 atom stereocenters. The average Bonchev–Trinajstić information content (AvgIpc) is 2.03. The number of amides is 1. The van der Waals surface area contributed by atoms with Crippen molar-refractivity contribution in [2.24, 2.45) is 0 Å². The molecule has 0 aromatic rings. The van der Waals surface area contributed by atoms with Crippen molar-refractivity contribution < 1.29 is 4.79 Å². The third-order valence-electron chi connectivity index (χ3n) is 1.68. The van der Waals surface area contributed by atoms with E-state index in [1.807, 2.05) is 12.3 Å². The van der Waals surface area contributed by atoms with Crippen molar-refractivity contribution >= 4 is 30.3 Å². The van der Waals surface area contributed by atoms with Crippen LogP contribution in [0.3, 0.4) is 0 Å². The van der Waals surface area contributed by atoms with Gasteiger partial charge in [0, 0.05) is 12.0 Å². The summed E-state index contributed by atoms with van der Waals surface area (Å²) in [5.41, 5.74) is 0. The molecule has 1 fully saturated rings. The number of hydrogen-bond donors (Lipinski definition) is 1. The van der Waals surface area contributed by atoms with E-state index in [0.717, 1.165) is 5.75 Å². The molecule has 2 rings (SSSR count). The van der Waals surface area contributed by atoms with Crippen LogP contribution in [0.5, 0.6) is 0 Å². The van der Waals surface area contributed by atoms with Crippen LogP contribution in [0.25, 0.3) is 0 Å². The predicted octanol–water partition coefficient (Wildman–Crippen LogP) is 0.714. The van der Waals surface area contributed by atoms with E-state index in [1.54, 1.807) is 16.7 Å². The minimum absolute atomic E-state index is 0.0602. The van der Waals surface area contributed by atoms with Crippen LogP contribution in [-0.2, 0) is 4.79 Å². The Kier molecular flexibility index (Phi) is 1.46. The summed E-state index contributed by atoms with van der Waals surface area (Å²) >= 11 is 5.92. The van der Waals surface area contributed by atoms with Gasteiger partial charge in [0.2, 0.25) is 5.91 Å². The molecule has 0 bridgehead atoms. The molecule has 0 aromatic heterocycles. The Bertz CT molecular complexity index is 204. The SMILES string of the molecule is O=C1C(S)[C@@H]2SCC=CN12. The fourth-order valence-electron chi connectivity index (χ4n) is 1.11. The number of nitrogens with zero attached hydrogens (tertiary/aromatic N) is 1. The number of fused-ring (bicyclic) bond motifs is 1. The van der Waals surface area contributed by atoms with Gasteiger partial charge in [-0.25, -0.2) is 0 Å². The molecule has 0 radical (unpaired) electrons. The lowest BCUT2D eigenvalue weighted by Crippen LogP contribution is -2.58. The molecule has 0 saturated carbocycles. The summed E-state index contributed by atoms with van der Waals surface area (Å²) in [6.07, 6.45) is 3.86. The Morgan fingerprint density at radius 2 is 2.60 bits per heavy atom. The number of β-lactam (4-membered cyclic amide) rings is 1. The van der Waals surface area contributed by atoms with E-state index in [4.69, 9.17) is 0 Å². The quantitative estimate of drug-likeness (QED) is 0.430. The molecule has 2 aliphatic heterocycles. The topological polar surface area (TPSA) is 20.3 Å². The van der Waals surface area contributed by atoms with Gasteiger partial charge in [0.25, 0.3) is 0 Å². The molecule has 2 aliphatic rings. The van der Waals surface area contributed by atoms with Crippen molar-refractivity contribution in [1.29, 1.82) is 0 Å². The third-order valence-corrected chi connectivity index (χ3v) is 3.61. The Morgan fingerprint density at radius 3 is 3.30 bits per heavy atom. The number of thiol groups is 1. The van der Waals surface area contributed by atoms with E-state index in [0.29, 0.717) is 5.37 Å². The van der Waals surface area contributed by atoms with Gasteiger partial charge in [-0.15, -0.1) is 11.8 Å². The Labute approximate surface area is 69.1 Å². The molecule has 2 heterocycles. The number of thioether (sulfide) groups is 1. The summed E-state index contributed by atoms with van der Waals surface area (Å²) in [5.74, 6) is 1.14. The normalized spacial score (nSPS) is 37.3. The van der Waals surface area contributed by atoms with E-state index in [9.17, 15) is 4.79 Å². The van der Waals surface area contributed by atoms with Gasteiger partial charge >= 0.3 is 0 Å². The first kappa shape index (κ1) is 6.61. The van der Waals surface area contributed by atoms with Gasteiger partial charge in [-0.1, -0.05) is 6.08 Å². The van der Waals surface area contributed by atoms with Crippen LogP contribution < -0.4 is 0 Å². The summed E-state index contributed by atoms with van der Waals surface area (Å²) in [6.45, 7) is 0. The van der Waals surface area contributed by atoms with Gasteiger partial charge in [-0.05, 0) is 0 Å². The third kappa shape index (κ3) is 0.720. The highest BCUT2D eigenvalue weighted by atomic mass is 32.2. The van der Waals surface area contributed by atoms with Gasteiger partial charge in [-0.2, -0.15) is 12.6 Å². The van der Waals surface area contributed by atoms with Crippen LogP contribution in [-0.4, -0.2) is 27.2 Å². The maximum Gasteiger partial charge on any atom is 0.243 e. The minimum atomic E-state index is -0.0602. The maximum atomic E-state index is 11.0. The van der Waals surface area contributed by atoms with Gasteiger partial charge in [0.05, 0.1) is 0 Å². The summed E-state index contributed by atoms with van der Waals surface area (Å²) in [4.78, 5) is 12.7. The highest BCUT2D eigenvalue weighted by Gasteiger charge is 2.45. The van der Waals surface area contributed by atoms with Gasteiger partial charge < -0.3 is 4.90 Å². The molecule has 0 aromatic carbocycles. The van der Waals surface area contributed by atoms with E-state index in [2.05, 4.69) is 12.6 Å². The smallest absolute Gasteiger partial charge is 0.243 e. The fraction of sp³-hybridized carbons (Fsp3) is 0.500. The van der Waals surface area contributed by atoms with Crippen molar-refractivity contribution in [2.75, 3.05) is 5.75 Å². The summed E-state index contributed by atoms with van der Waals surface area (Å²) in [6, 6.07) is 0. The number of rotatable bonds is 0. The zero-order valence-corrected chi connectivity index (χ0v) is 6.94. The van der Waals surface area contributed by atoms with Crippen LogP contribution in [0.2, 0.25) is 0 Å². The minimum Gasteiger partial charge on any atom is -0.304 e. The Balaban J connectivity index is 2.18. The second-order valence-electron chi connectivity index (χ2n) is 2.30. The highest BCUT2D eigenvalue weighted by molar-refractivity contribution is 8.01. The van der Waals surface area contributed by atoms with E-state index in [1.165, 1.54) is 0 Å². The molecular formula is C6H7NOS2. The van der Waals surface area contributed by atoms with Crippen LogP contribution in [0.1, 0.15) is 0 Å². The number of hydrogen-bond acceptors (Lipinski definition) is 3. The molecule has 1 saturated heterocycles. The zero-order chi connectivity index (χ0) is 7.14. The first-order valence-electron chi connectivity index (χ1n) is 3.09. The largest absolute Gasteiger partial charge is 0.304 e. The fourth-order valence-corrected chi connectivity index (χ4v) is 2.67. The molecule has 0 spiro atoms. The molecule has 0 aliphatic carbocycles. The van der Waals surface area contributed by atoms with Gasteiger partial charge in [0.1, 0.15) is 10.6 Å². The van der Waals surface area contributed by atoms with Crippen molar-refractivity contribution in [3.63, 3.8) is 0 Å². The molecule has 1 unspecified atom stereocenters. The summed E-state index contributed by atoms with van der Waals surface area (Å²) in [5, 5.41) is 0.246. The lowest BCUT2D eigenvalue weighted by Gasteiger charge is -2.44.